The maximum Gasteiger partial charge on any atom is 0.229 e. The Morgan fingerprint density at radius 2 is 2.17 bits per heavy atom. The fourth-order valence-corrected chi connectivity index (χ4v) is 1.82. The highest BCUT2D eigenvalue weighted by atomic mass is 79.9. The molecular weight excluding hydrogens is 319 g/mol. The molecule has 0 bridgehead atoms. The molecule has 2 aromatic rings. The van der Waals surface area contributed by atoms with Crippen LogP contribution in [0.25, 0.3) is 0 Å². The van der Waals surface area contributed by atoms with E-state index < -0.39 is 0 Å². The number of benzene rings is 1. The first-order valence-electron chi connectivity index (χ1n) is 4.95. The highest BCUT2D eigenvalue weighted by molar-refractivity contribution is 9.10. The Balaban J connectivity index is 2.34. The highest BCUT2D eigenvalue weighted by Gasteiger charge is 2.09. The molecule has 3 nitrogen and oxygen atoms in total. The van der Waals surface area contributed by atoms with Gasteiger partial charge in [0.05, 0.1) is 10.0 Å². The summed E-state index contributed by atoms with van der Waals surface area (Å²) >= 11 is 7.98. The minimum Gasteiger partial charge on any atom is -0.438 e. The number of hydrogen-bond acceptors (Lipinski definition) is 3. The van der Waals surface area contributed by atoms with E-state index in [0.717, 1.165) is 0 Å². The van der Waals surface area contributed by atoms with Crippen LogP contribution in [0.5, 0.6) is 11.6 Å². The summed E-state index contributed by atoms with van der Waals surface area (Å²) in [6.45, 7) is 0. The largest absolute Gasteiger partial charge is 0.438 e. The molecule has 0 aliphatic heterocycles. The minimum atomic E-state index is -0.363. The number of nitrogens with zero attached hydrogens (tertiary/aromatic N) is 1. The van der Waals surface area contributed by atoms with Crippen molar-refractivity contribution in [2.45, 2.75) is 0 Å². The van der Waals surface area contributed by atoms with E-state index in [0.29, 0.717) is 21.7 Å². The Labute approximate surface area is 117 Å². The zero-order valence-corrected chi connectivity index (χ0v) is 11.5. The van der Waals surface area contributed by atoms with Gasteiger partial charge in [0, 0.05) is 6.20 Å². The lowest BCUT2D eigenvalue weighted by atomic mass is 10.2. The summed E-state index contributed by atoms with van der Waals surface area (Å²) in [6.07, 6.45) is 1.57. The number of thiocarbonyl (C=S) groups is 1. The third kappa shape index (κ3) is 2.83. The van der Waals surface area contributed by atoms with E-state index in [2.05, 4.69) is 20.9 Å². The quantitative estimate of drug-likeness (QED) is 0.878. The van der Waals surface area contributed by atoms with Crippen LogP contribution in [0.3, 0.4) is 0 Å². The first kappa shape index (κ1) is 12.9. The van der Waals surface area contributed by atoms with E-state index in [4.69, 9.17) is 22.7 Å². The van der Waals surface area contributed by atoms with Crippen molar-refractivity contribution in [2.24, 2.45) is 5.73 Å². The Morgan fingerprint density at radius 1 is 1.39 bits per heavy atom. The van der Waals surface area contributed by atoms with E-state index in [1.807, 2.05) is 0 Å². The van der Waals surface area contributed by atoms with Crippen LogP contribution in [0.15, 0.2) is 41.0 Å². The maximum atomic E-state index is 13.1. The second kappa shape index (κ2) is 5.41. The lowest BCUT2D eigenvalue weighted by Gasteiger charge is -2.09. The van der Waals surface area contributed by atoms with Crippen LogP contribution in [0.2, 0.25) is 0 Å². The molecule has 2 N–H and O–H groups in total. The van der Waals surface area contributed by atoms with Gasteiger partial charge < -0.3 is 10.5 Å². The van der Waals surface area contributed by atoms with Crippen molar-refractivity contribution in [3.8, 4) is 11.6 Å². The van der Waals surface area contributed by atoms with Gasteiger partial charge in [-0.3, -0.25) is 0 Å². The fourth-order valence-electron chi connectivity index (χ4n) is 1.31. The molecule has 0 fully saturated rings. The van der Waals surface area contributed by atoms with Crippen molar-refractivity contribution in [3.05, 3.63) is 52.4 Å². The zero-order valence-electron chi connectivity index (χ0n) is 9.06. The Kier molecular flexibility index (Phi) is 3.88. The lowest BCUT2D eigenvalue weighted by Crippen LogP contribution is -2.11. The van der Waals surface area contributed by atoms with Crippen molar-refractivity contribution < 1.29 is 9.13 Å². The van der Waals surface area contributed by atoms with Crippen LogP contribution in [0.1, 0.15) is 5.56 Å². The standard InChI is InChI=1S/C12H8BrFN2OS/c13-9-6-7(3-4-10(9)14)17-12-8(11(15)18)2-1-5-16-12/h1-6H,(H2,15,18). The van der Waals surface area contributed by atoms with Gasteiger partial charge in [0.2, 0.25) is 5.88 Å². The predicted molar refractivity (Wildman–Crippen MR) is 74.3 cm³/mol. The summed E-state index contributed by atoms with van der Waals surface area (Å²) in [6, 6.07) is 7.72. The van der Waals surface area contributed by atoms with Gasteiger partial charge in [-0.2, -0.15) is 0 Å². The average Bonchev–Trinajstić information content (AvgIpc) is 2.34. The second-order valence-corrected chi connectivity index (χ2v) is 4.69. The molecule has 0 amide bonds. The second-order valence-electron chi connectivity index (χ2n) is 3.40. The molecule has 6 heteroatoms. The summed E-state index contributed by atoms with van der Waals surface area (Å²) in [7, 11) is 0. The smallest absolute Gasteiger partial charge is 0.229 e. The van der Waals surface area contributed by atoms with Crippen LogP contribution < -0.4 is 10.5 Å². The summed E-state index contributed by atoms with van der Waals surface area (Å²) < 4.78 is 18.9. The van der Waals surface area contributed by atoms with Gasteiger partial charge in [0.15, 0.2) is 0 Å². The number of aromatic nitrogens is 1. The van der Waals surface area contributed by atoms with Crippen molar-refractivity contribution in [1.82, 2.24) is 4.98 Å². The van der Waals surface area contributed by atoms with Gasteiger partial charge in [-0.25, -0.2) is 9.37 Å². The number of ether oxygens (including phenoxy) is 1. The average molecular weight is 327 g/mol. The number of rotatable bonds is 3. The molecule has 1 aromatic carbocycles. The number of hydrogen-bond donors (Lipinski definition) is 1. The van der Waals surface area contributed by atoms with E-state index in [1.165, 1.54) is 18.2 Å². The number of nitrogens with two attached hydrogens (primary N) is 1. The molecule has 92 valence electrons. The molecule has 0 atom stereocenters. The normalized spacial score (nSPS) is 10.1. The summed E-state index contributed by atoms with van der Waals surface area (Å²) in [5.74, 6) is 0.376. The monoisotopic (exact) mass is 326 g/mol. The van der Waals surface area contributed by atoms with Gasteiger partial charge in [-0.1, -0.05) is 12.2 Å². The van der Waals surface area contributed by atoms with E-state index in [1.54, 1.807) is 18.3 Å². The third-order valence-electron chi connectivity index (χ3n) is 2.14. The molecule has 0 aliphatic carbocycles. The molecule has 1 aromatic heterocycles. The molecule has 18 heavy (non-hydrogen) atoms. The molecule has 1 heterocycles. The maximum absolute atomic E-state index is 13.1. The molecule has 0 spiro atoms. The van der Waals surface area contributed by atoms with Crippen molar-refractivity contribution in [3.63, 3.8) is 0 Å². The fraction of sp³-hybridized carbons (Fsp3) is 0. The van der Waals surface area contributed by atoms with Gasteiger partial charge in [-0.05, 0) is 46.3 Å². The van der Waals surface area contributed by atoms with Gasteiger partial charge in [0.1, 0.15) is 16.6 Å². The van der Waals surface area contributed by atoms with Crippen molar-refractivity contribution in [2.75, 3.05) is 0 Å². The third-order valence-corrected chi connectivity index (χ3v) is 2.97. The Bertz CT molecular complexity index is 606. The lowest BCUT2D eigenvalue weighted by molar-refractivity contribution is 0.459. The first-order valence-corrected chi connectivity index (χ1v) is 6.16. The molecule has 0 saturated carbocycles. The van der Waals surface area contributed by atoms with E-state index >= 15 is 0 Å². The zero-order chi connectivity index (χ0) is 13.1. The van der Waals surface area contributed by atoms with Crippen molar-refractivity contribution >= 4 is 33.1 Å². The summed E-state index contributed by atoms with van der Waals surface area (Å²) in [4.78, 5) is 4.24. The molecule has 0 unspecified atom stereocenters. The first-order chi connectivity index (χ1) is 8.58. The van der Waals surface area contributed by atoms with Gasteiger partial charge in [-0.15, -0.1) is 0 Å². The Hall–Kier alpha value is -1.53. The highest BCUT2D eigenvalue weighted by Crippen LogP contribution is 2.27. The molecule has 0 aliphatic rings. The van der Waals surface area contributed by atoms with Crippen LogP contribution in [0.4, 0.5) is 4.39 Å². The number of pyridine rings is 1. The summed E-state index contributed by atoms with van der Waals surface area (Å²) in [5, 5.41) is 0. The minimum absolute atomic E-state index is 0.194. The molecular formula is C12H8BrFN2OS. The van der Waals surface area contributed by atoms with Gasteiger partial charge >= 0.3 is 0 Å². The molecule has 0 radical (unpaired) electrons. The van der Waals surface area contributed by atoms with Crippen LogP contribution in [-0.2, 0) is 0 Å². The van der Waals surface area contributed by atoms with Gasteiger partial charge in [0.25, 0.3) is 0 Å². The van der Waals surface area contributed by atoms with Crippen LogP contribution in [-0.4, -0.2) is 9.97 Å². The van der Waals surface area contributed by atoms with E-state index in [-0.39, 0.29) is 10.8 Å². The SMILES string of the molecule is NC(=S)c1cccnc1Oc1ccc(F)c(Br)c1. The molecule has 0 saturated heterocycles. The summed E-state index contributed by atoms with van der Waals surface area (Å²) in [5.41, 5.74) is 6.10. The topological polar surface area (TPSA) is 48.1 Å². The Morgan fingerprint density at radius 3 is 2.83 bits per heavy atom. The van der Waals surface area contributed by atoms with E-state index in [9.17, 15) is 4.39 Å². The van der Waals surface area contributed by atoms with Crippen LogP contribution >= 0.6 is 28.1 Å². The molecule has 2 rings (SSSR count). The number of halogens is 2. The predicted octanol–water partition coefficient (Wildman–Crippen LogP) is 3.41. The van der Waals surface area contributed by atoms with Crippen LogP contribution in [0, 0.1) is 5.82 Å². The van der Waals surface area contributed by atoms with Crippen molar-refractivity contribution in [1.29, 1.82) is 0 Å².